The van der Waals surface area contributed by atoms with Gasteiger partial charge in [0.05, 0.1) is 5.52 Å². The molecule has 3 aromatic rings. The largest absolute Gasteiger partial charge is 0.303 e. The molecule has 0 atom stereocenters. The molecule has 2 aromatic carbocycles. The fourth-order valence-electron chi connectivity index (χ4n) is 2.45. The number of benzene rings is 2. The number of hydrogen-bond acceptors (Lipinski definition) is 3. The Labute approximate surface area is 130 Å². The summed E-state index contributed by atoms with van der Waals surface area (Å²) >= 11 is 1.32. The molecule has 0 aliphatic heterocycles. The summed E-state index contributed by atoms with van der Waals surface area (Å²) in [5.41, 5.74) is 1.23. The van der Waals surface area contributed by atoms with Gasteiger partial charge >= 0.3 is 0 Å². The topological polar surface area (TPSA) is 45.8 Å². The molecular formula is C17H11FN2OS. The van der Waals surface area contributed by atoms with Gasteiger partial charge in [-0.2, -0.15) is 5.26 Å². The Bertz CT molecular complexity index is 955. The van der Waals surface area contributed by atoms with Gasteiger partial charge in [-0.15, -0.1) is 11.8 Å². The zero-order valence-corrected chi connectivity index (χ0v) is 12.5. The number of hydrogen-bond donors (Lipinski definition) is 0. The molecule has 0 radical (unpaired) electrons. The lowest BCUT2D eigenvalue weighted by Gasteiger charge is -2.17. The Morgan fingerprint density at radius 1 is 1.14 bits per heavy atom. The highest BCUT2D eigenvalue weighted by molar-refractivity contribution is 7.98. The molecule has 0 bridgehead atoms. The zero-order valence-electron chi connectivity index (χ0n) is 11.7. The van der Waals surface area contributed by atoms with Crippen molar-refractivity contribution in [3.05, 3.63) is 70.1 Å². The first-order valence-electron chi connectivity index (χ1n) is 6.55. The highest BCUT2D eigenvalue weighted by Crippen LogP contribution is 2.27. The van der Waals surface area contributed by atoms with E-state index in [2.05, 4.69) is 0 Å². The van der Waals surface area contributed by atoms with E-state index in [1.54, 1.807) is 24.3 Å². The van der Waals surface area contributed by atoms with Crippen molar-refractivity contribution in [3.63, 3.8) is 0 Å². The fourth-order valence-corrected chi connectivity index (χ4v) is 3.18. The summed E-state index contributed by atoms with van der Waals surface area (Å²) in [7, 11) is 0. The molecule has 5 heteroatoms. The number of para-hydroxylation sites is 1. The van der Waals surface area contributed by atoms with Crippen LogP contribution >= 0.6 is 11.8 Å². The van der Waals surface area contributed by atoms with Gasteiger partial charge < -0.3 is 4.57 Å². The maximum atomic E-state index is 13.2. The van der Waals surface area contributed by atoms with Crippen LogP contribution in [0.5, 0.6) is 0 Å². The van der Waals surface area contributed by atoms with Crippen LogP contribution in [0.25, 0.3) is 16.6 Å². The molecular weight excluding hydrogens is 299 g/mol. The van der Waals surface area contributed by atoms with Crippen LogP contribution in [0.3, 0.4) is 0 Å². The minimum absolute atomic E-state index is 0.107. The van der Waals surface area contributed by atoms with E-state index in [1.165, 1.54) is 23.9 Å². The molecule has 0 saturated heterocycles. The number of halogens is 1. The molecule has 0 spiro atoms. The predicted octanol–water partition coefficient (Wildman–Crippen LogP) is 3.72. The van der Waals surface area contributed by atoms with Crippen LogP contribution in [-0.4, -0.2) is 10.8 Å². The molecule has 0 aliphatic rings. The third-order valence-electron chi connectivity index (χ3n) is 3.42. The second-order valence-electron chi connectivity index (χ2n) is 4.65. The van der Waals surface area contributed by atoms with Gasteiger partial charge in [0, 0.05) is 11.1 Å². The number of nitriles is 1. The second kappa shape index (κ2) is 5.66. The standard InChI is InChI=1S/C17H11FN2OS/c1-22-17-14(10-19)16(21)13-4-2-3-5-15(13)20(17)12-8-6-11(18)7-9-12/h2-9H,1H3. The van der Waals surface area contributed by atoms with Gasteiger partial charge in [-0.25, -0.2) is 4.39 Å². The normalized spacial score (nSPS) is 10.6. The fraction of sp³-hybridized carbons (Fsp3) is 0.0588. The summed E-state index contributed by atoms with van der Waals surface area (Å²) in [5, 5.41) is 10.4. The predicted molar refractivity (Wildman–Crippen MR) is 86.0 cm³/mol. The van der Waals surface area contributed by atoms with Crippen molar-refractivity contribution in [3.8, 4) is 11.8 Å². The van der Waals surface area contributed by atoms with E-state index in [1.807, 2.05) is 29.0 Å². The molecule has 0 aliphatic carbocycles. The Kier molecular flexibility index (Phi) is 3.70. The van der Waals surface area contributed by atoms with Crippen molar-refractivity contribution >= 4 is 22.7 Å². The maximum Gasteiger partial charge on any atom is 0.208 e. The lowest BCUT2D eigenvalue weighted by atomic mass is 10.1. The molecule has 0 fully saturated rings. The Morgan fingerprint density at radius 2 is 1.82 bits per heavy atom. The van der Waals surface area contributed by atoms with Crippen LogP contribution in [0.2, 0.25) is 0 Å². The van der Waals surface area contributed by atoms with Crippen molar-refractivity contribution in [2.45, 2.75) is 5.03 Å². The third-order valence-corrected chi connectivity index (χ3v) is 4.20. The molecule has 0 N–H and O–H groups in total. The lowest BCUT2D eigenvalue weighted by molar-refractivity contribution is 0.627. The summed E-state index contributed by atoms with van der Waals surface area (Å²) < 4.78 is 15.0. The van der Waals surface area contributed by atoms with Crippen molar-refractivity contribution in [2.24, 2.45) is 0 Å². The van der Waals surface area contributed by atoms with E-state index in [4.69, 9.17) is 0 Å². The van der Waals surface area contributed by atoms with Crippen molar-refractivity contribution in [1.29, 1.82) is 5.26 Å². The summed E-state index contributed by atoms with van der Waals surface area (Å²) in [6.07, 6.45) is 1.81. The van der Waals surface area contributed by atoms with E-state index >= 15 is 0 Å². The second-order valence-corrected chi connectivity index (χ2v) is 5.45. The minimum Gasteiger partial charge on any atom is -0.303 e. The lowest BCUT2D eigenvalue weighted by Crippen LogP contribution is -2.15. The maximum absolute atomic E-state index is 13.2. The van der Waals surface area contributed by atoms with E-state index in [0.717, 1.165) is 0 Å². The van der Waals surface area contributed by atoms with Gasteiger partial charge in [-0.3, -0.25) is 4.79 Å². The SMILES string of the molecule is CSc1c(C#N)c(=O)c2ccccc2n1-c1ccc(F)cc1. The Balaban J connectivity index is 2.52. The average Bonchev–Trinajstić information content (AvgIpc) is 2.56. The summed E-state index contributed by atoms with van der Waals surface area (Å²) in [4.78, 5) is 12.5. The van der Waals surface area contributed by atoms with Gasteiger partial charge in [0.25, 0.3) is 0 Å². The van der Waals surface area contributed by atoms with Gasteiger partial charge in [0.15, 0.2) is 0 Å². The van der Waals surface area contributed by atoms with Gasteiger partial charge in [0.1, 0.15) is 22.5 Å². The molecule has 3 rings (SSSR count). The van der Waals surface area contributed by atoms with Gasteiger partial charge in [0.2, 0.25) is 5.43 Å². The number of nitrogens with zero attached hydrogens (tertiary/aromatic N) is 2. The van der Waals surface area contributed by atoms with E-state index in [9.17, 15) is 14.4 Å². The summed E-state index contributed by atoms with van der Waals surface area (Å²) in [5.74, 6) is -0.333. The molecule has 108 valence electrons. The van der Waals surface area contributed by atoms with Crippen LogP contribution in [-0.2, 0) is 0 Å². The van der Waals surface area contributed by atoms with Crippen LogP contribution in [0.15, 0.2) is 58.4 Å². The Hall–Kier alpha value is -2.58. The number of pyridine rings is 1. The molecule has 3 nitrogen and oxygen atoms in total. The first kappa shape index (κ1) is 14.4. The number of thioether (sulfide) groups is 1. The van der Waals surface area contributed by atoms with Crippen molar-refractivity contribution in [1.82, 2.24) is 4.57 Å². The summed E-state index contributed by atoms with van der Waals surface area (Å²) in [6, 6.07) is 15.1. The molecule has 0 amide bonds. The molecule has 1 aromatic heterocycles. The quantitative estimate of drug-likeness (QED) is 0.678. The average molecular weight is 310 g/mol. The molecule has 0 unspecified atom stereocenters. The Morgan fingerprint density at radius 3 is 2.45 bits per heavy atom. The molecule has 0 saturated carbocycles. The number of fused-ring (bicyclic) bond motifs is 1. The van der Waals surface area contributed by atoms with E-state index < -0.39 is 0 Å². The summed E-state index contributed by atoms with van der Waals surface area (Å²) in [6.45, 7) is 0. The van der Waals surface area contributed by atoms with Crippen LogP contribution < -0.4 is 5.43 Å². The van der Waals surface area contributed by atoms with Gasteiger partial charge in [-0.1, -0.05) is 12.1 Å². The minimum atomic E-state index is -0.333. The molecule has 1 heterocycles. The number of rotatable bonds is 2. The first-order chi connectivity index (χ1) is 10.7. The van der Waals surface area contributed by atoms with Gasteiger partial charge in [-0.05, 0) is 42.7 Å². The highest BCUT2D eigenvalue weighted by atomic mass is 32.2. The van der Waals surface area contributed by atoms with Crippen molar-refractivity contribution in [2.75, 3.05) is 6.26 Å². The molecule has 22 heavy (non-hydrogen) atoms. The van der Waals surface area contributed by atoms with Crippen LogP contribution in [0.1, 0.15) is 5.56 Å². The highest BCUT2D eigenvalue weighted by Gasteiger charge is 2.17. The van der Waals surface area contributed by atoms with Crippen LogP contribution in [0, 0.1) is 17.1 Å². The van der Waals surface area contributed by atoms with Crippen molar-refractivity contribution < 1.29 is 4.39 Å². The smallest absolute Gasteiger partial charge is 0.208 e. The zero-order chi connectivity index (χ0) is 15.7. The van der Waals surface area contributed by atoms with E-state index in [0.29, 0.717) is 21.6 Å². The monoisotopic (exact) mass is 310 g/mol. The number of aromatic nitrogens is 1. The third kappa shape index (κ3) is 2.18. The first-order valence-corrected chi connectivity index (χ1v) is 7.77. The van der Waals surface area contributed by atoms with E-state index in [-0.39, 0.29) is 16.8 Å². The van der Waals surface area contributed by atoms with Crippen LogP contribution in [0.4, 0.5) is 4.39 Å².